The summed E-state index contributed by atoms with van der Waals surface area (Å²) in [6.07, 6.45) is 7.66. The monoisotopic (exact) mass is 356 g/mol. The lowest BCUT2D eigenvalue weighted by atomic mass is 9.53. The Morgan fingerprint density at radius 1 is 1.35 bits per heavy atom. The molecule has 1 aromatic rings. The molecule has 0 radical (unpaired) electrons. The Labute approximate surface area is 154 Å². The second-order valence-electron chi connectivity index (χ2n) is 9.05. The van der Waals surface area contributed by atoms with Crippen LogP contribution >= 0.6 is 0 Å². The van der Waals surface area contributed by atoms with Crippen LogP contribution in [0, 0.1) is 23.2 Å². The third-order valence-corrected chi connectivity index (χ3v) is 7.48. The normalized spacial score (nSPS) is 43.7. The van der Waals surface area contributed by atoms with E-state index >= 15 is 0 Å². The highest BCUT2D eigenvalue weighted by Gasteiger charge is 2.64. The van der Waals surface area contributed by atoms with Crippen LogP contribution in [0.4, 0.5) is 0 Å². The largest absolute Gasteiger partial charge is 0.462 e. The Kier molecular flexibility index (Phi) is 3.87. The van der Waals surface area contributed by atoms with Crippen molar-refractivity contribution in [1.82, 2.24) is 10.3 Å². The Morgan fingerprint density at radius 3 is 3.00 bits per heavy atom. The van der Waals surface area contributed by atoms with E-state index in [9.17, 15) is 4.79 Å². The Morgan fingerprint density at radius 2 is 2.23 bits per heavy atom. The maximum Gasteiger partial charge on any atom is 0.310 e. The molecule has 4 aliphatic rings. The summed E-state index contributed by atoms with van der Waals surface area (Å²) in [4.78, 5) is 16.9. The molecule has 5 nitrogen and oxygen atoms in total. The minimum Gasteiger partial charge on any atom is -0.462 e. The quantitative estimate of drug-likeness (QED) is 0.664. The molecule has 140 valence electrons. The molecule has 2 saturated carbocycles. The number of nitrogens with zero attached hydrogens (tertiary/aromatic N) is 1. The molecule has 26 heavy (non-hydrogen) atoms. The topological polar surface area (TPSA) is 63.8 Å². The zero-order chi connectivity index (χ0) is 17.8. The summed E-state index contributed by atoms with van der Waals surface area (Å²) in [5.74, 6) is 0.862. The van der Waals surface area contributed by atoms with E-state index in [0.717, 1.165) is 25.1 Å². The zero-order valence-electron chi connectivity index (χ0n) is 15.4. The van der Waals surface area contributed by atoms with Crippen molar-refractivity contribution in [2.24, 2.45) is 23.2 Å². The maximum absolute atomic E-state index is 12.6. The summed E-state index contributed by atoms with van der Waals surface area (Å²) < 4.78 is 11.8. The fourth-order valence-corrected chi connectivity index (χ4v) is 6.05. The van der Waals surface area contributed by atoms with Crippen LogP contribution in [0.5, 0.6) is 0 Å². The molecule has 3 heterocycles. The Bertz CT molecular complexity index is 690. The molecule has 2 aliphatic carbocycles. The fraction of sp³-hybridized carbons (Fsp3) is 0.714. The first-order valence-corrected chi connectivity index (χ1v) is 10.0. The van der Waals surface area contributed by atoms with E-state index in [2.05, 4.69) is 17.2 Å². The van der Waals surface area contributed by atoms with Crippen molar-refractivity contribution in [3.8, 4) is 0 Å². The Balaban J connectivity index is 1.28. The summed E-state index contributed by atoms with van der Waals surface area (Å²) in [7, 11) is 0. The molecule has 0 bridgehead atoms. The molecule has 1 spiro atoms. The number of pyridine rings is 1. The lowest BCUT2D eigenvalue weighted by Gasteiger charge is -2.51. The van der Waals surface area contributed by atoms with Crippen molar-refractivity contribution in [1.29, 1.82) is 0 Å². The van der Waals surface area contributed by atoms with Gasteiger partial charge in [-0.15, -0.1) is 0 Å². The molecular formula is C21H28N2O3. The molecular weight excluding hydrogens is 328 g/mol. The van der Waals surface area contributed by atoms with Gasteiger partial charge in [-0.2, -0.15) is 0 Å². The maximum atomic E-state index is 12.6. The minimum absolute atomic E-state index is 0.0125. The van der Waals surface area contributed by atoms with Gasteiger partial charge in [0.2, 0.25) is 0 Å². The van der Waals surface area contributed by atoms with Gasteiger partial charge in [0, 0.05) is 25.2 Å². The standard InChI is InChI=1S/C21H28N2O3/c1-20-6-4-7-21(13-25-21)18(20)9-15-16(19(24)26-17(15)10-20)12-22-11-14-5-2-3-8-23-14/h2-3,5,8,15-18,22H,4,6-7,9-13H2,1H3/t15-,16-,17+,18+,20+,21-/m0/s1. The highest BCUT2D eigenvalue weighted by molar-refractivity contribution is 5.75. The molecule has 2 saturated heterocycles. The van der Waals surface area contributed by atoms with Crippen LogP contribution in [0.2, 0.25) is 0 Å². The van der Waals surface area contributed by atoms with E-state index in [1.165, 1.54) is 19.3 Å². The number of hydrogen-bond donors (Lipinski definition) is 1. The summed E-state index contributed by atoms with van der Waals surface area (Å²) >= 11 is 0. The van der Waals surface area contributed by atoms with Gasteiger partial charge in [-0.05, 0) is 55.6 Å². The number of carbonyl (C=O) groups is 1. The number of nitrogens with one attached hydrogen (secondary N) is 1. The van der Waals surface area contributed by atoms with E-state index in [1.54, 1.807) is 6.20 Å². The van der Waals surface area contributed by atoms with Gasteiger partial charge < -0.3 is 14.8 Å². The highest BCUT2D eigenvalue weighted by atomic mass is 16.6. The van der Waals surface area contributed by atoms with Crippen molar-refractivity contribution in [2.75, 3.05) is 13.2 Å². The third-order valence-electron chi connectivity index (χ3n) is 7.48. The van der Waals surface area contributed by atoms with Gasteiger partial charge >= 0.3 is 5.97 Å². The number of carbonyl (C=O) groups excluding carboxylic acids is 1. The molecule has 1 aromatic heterocycles. The number of epoxide rings is 1. The van der Waals surface area contributed by atoms with Gasteiger partial charge in [0.25, 0.3) is 0 Å². The first-order valence-electron chi connectivity index (χ1n) is 10.0. The lowest BCUT2D eigenvalue weighted by Crippen LogP contribution is -2.51. The predicted molar refractivity (Wildman–Crippen MR) is 96.2 cm³/mol. The number of hydrogen-bond acceptors (Lipinski definition) is 5. The van der Waals surface area contributed by atoms with Crippen molar-refractivity contribution in [3.63, 3.8) is 0 Å². The van der Waals surface area contributed by atoms with Crippen molar-refractivity contribution in [3.05, 3.63) is 30.1 Å². The molecule has 4 fully saturated rings. The minimum atomic E-state index is -0.0361. The summed E-state index contributed by atoms with van der Waals surface area (Å²) in [5, 5.41) is 3.43. The second kappa shape index (κ2) is 6.03. The van der Waals surface area contributed by atoms with Crippen LogP contribution in [0.25, 0.3) is 0 Å². The molecule has 0 amide bonds. The van der Waals surface area contributed by atoms with Gasteiger partial charge in [0.05, 0.1) is 23.8 Å². The van der Waals surface area contributed by atoms with E-state index in [4.69, 9.17) is 9.47 Å². The van der Waals surface area contributed by atoms with Gasteiger partial charge in [0.1, 0.15) is 6.10 Å². The lowest BCUT2D eigenvalue weighted by molar-refractivity contribution is -0.147. The number of ether oxygens (including phenoxy) is 2. The molecule has 0 aromatic carbocycles. The third kappa shape index (κ3) is 2.67. The van der Waals surface area contributed by atoms with Crippen molar-refractivity contribution < 1.29 is 14.3 Å². The summed E-state index contributed by atoms with van der Waals surface area (Å²) in [6, 6.07) is 5.91. The van der Waals surface area contributed by atoms with Gasteiger partial charge in [-0.3, -0.25) is 9.78 Å². The molecule has 6 atom stereocenters. The van der Waals surface area contributed by atoms with Crippen LogP contribution in [0.1, 0.15) is 44.7 Å². The van der Waals surface area contributed by atoms with Crippen LogP contribution < -0.4 is 5.32 Å². The number of rotatable bonds is 4. The highest BCUT2D eigenvalue weighted by Crippen LogP contribution is 2.62. The zero-order valence-corrected chi connectivity index (χ0v) is 15.4. The molecule has 0 unspecified atom stereocenters. The van der Waals surface area contributed by atoms with Crippen LogP contribution in [-0.4, -0.2) is 35.8 Å². The van der Waals surface area contributed by atoms with E-state index < -0.39 is 0 Å². The summed E-state index contributed by atoms with van der Waals surface area (Å²) in [6.45, 7) is 4.68. The average Bonchev–Trinajstić information content (AvgIpc) is 3.33. The fourth-order valence-electron chi connectivity index (χ4n) is 6.05. The average molecular weight is 356 g/mol. The Hall–Kier alpha value is -1.46. The SMILES string of the molecule is C[C@]12CCC[C@]3(CO3)[C@@H]1C[C@H]1[C@H](CNCc3ccccn3)C(=O)O[C@@H]1C2. The van der Waals surface area contributed by atoms with E-state index in [-0.39, 0.29) is 29.0 Å². The molecule has 5 heteroatoms. The first-order chi connectivity index (χ1) is 12.6. The molecule has 2 aliphatic heterocycles. The van der Waals surface area contributed by atoms with Crippen molar-refractivity contribution in [2.45, 2.75) is 57.3 Å². The second-order valence-corrected chi connectivity index (χ2v) is 9.05. The molecule has 1 N–H and O–H groups in total. The number of fused-ring (bicyclic) bond motifs is 3. The van der Waals surface area contributed by atoms with Gasteiger partial charge in [-0.25, -0.2) is 0 Å². The van der Waals surface area contributed by atoms with E-state index in [0.29, 0.717) is 24.9 Å². The van der Waals surface area contributed by atoms with Gasteiger partial charge in [0.15, 0.2) is 0 Å². The smallest absolute Gasteiger partial charge is 0.310 e. The first kappa shape index (κ1) is 16.7. The predicted octanol–water partition coefficient (Wildman–Crippen LogP) is 2.70. The van der Waals surface area contributed by atoms with Crippen LogP contribution in [-0.2, 0) is 20.8 Å². The number of esters is 1. The number of aromatic nitrogens is 1. The van der Waals surface area contributed by atoms with Gasteiger partial charge in [-0.1, -0.05) is 13.0 Å². The van der Waals surface area contributed by atoms with Crippen molar-refractivity contribution >= 4 is 5.97 Å². The summed E-state index contributed by atoms with van der Waals surface area (Å²) in [5.41, 5.74) is 1.39. The van der Waals surface area contributed by atoms with E-state index in [1.807, 2.05) is 18.2 Å². The molecule has 5 rings (SSSR count). The van der Waals surface area contributed by atoms with Crippen LogP contribution in [0.15, 0.2) is 24.4 Å². The van der Waals surface area contributed by atoms with Crippen LogP contribution in [0.3, 0.4) is 0 Å².